The number of unbranched alkanes of at least 4 members (excludes halogenated alkanes) is 9. The van der Waals surface area contributed by atoms with Gasteiger partial charge in [0.25, 0.3) is 0 Å². The third kappa shape index (κ3) is 14.3. The van der Waals surface area contributed by atoms with Gasteiger partial charge in [-0.2, -0.15) is 0 Å². The van der Waals surface area contributed by atoms with Crippen LogP contribution in [0.5, 0.6) is 0 Å². The zero-order valence-electron chi connectivity index (χ0n) is 23.2. The van der Waals surface area contributed by atoms with Crippen molar-refractivity contribution in [2.24, 2.45) is 0 Å². The molecule has 0 aliphatic heterocycles. The van der Waals surface area contributed by atoms with Gasteiger partial charge in [-0.3, -0.25) is 19.2 Å². The van der Waals surface area contributed by atoms with E-state index in [0.29, 0.717) is 51.5 Å². The van der Waals surface area contributed by atoms with Crippen LogP contribution in [0, 0.1) is 0 Å². The number of carboxylic acid groups (broad SMARTS) is 2. The second-order valence-corrected chi connectivity index (χ2v) is 10.5. The first kappa shape index (κ1) is 33.4. The van der Waals surface area contributed by atoms with Crippen molar-refractivity contribution in [2.75, 3.05) is 6.54 Å². The summed E-state index contributed by atoms with van der Waals surface area (Å²) in [5.41, 5.74) is -1.23. The summed E-state index contributed by atoms with van der Waals surface area (Å²) in [6.45, 7) is 2.71. The van der Waals surface area contributed by atoms with Crippen LogP contribution >= 0.6 is 0 Å². The molecule has 0 aromatic heterocycles. The van der Waals surface area contributed by atoms with Crippen LogP contribution in [0.2, 0.25) is 0 Å². The van der Waals surface area contributed by atoms with Gasteiger partial charge in [-0.1, -0.05) is 77.6 Å². The summed E-state index contributed by atoms with van der Waals surface area (Å²) in [6.07, 6.45) is 15.0. The van der Waals surface area contributed by atoms with Crippen molar-refractivity contribution in [3.8, 4) is 0 Å². The van der Waals surface area contributed by atoms with Gasteiger partial charge in [0.05, 0.1) is 6.42 Å². The van der Waals surface area contributed by atoms with E-state index in [1.807, 2.05) is 0 Å². The van der Waals surface area contributed by atoms with Crippen LogP contribution in [-0.4, -0.2) is 58.0 Å². The van der Waals surface area contributed by atoms with Gasteiger partial charge in [0.1, 0.15) is 11.6 Å². The third-order valence-corrected chi connectivity index (χ3v) is 7.16. The van der Waals surface area contributed by atoms with Crippen LogP contribution in [0.1, 0.15) is 129 Å². The Labute approximate surface area is 227 Å². The molecule has 1 rings (SSSR count). The Kier molecular flexibility index (Phi) is 17.1. The van der Waals surface area contributed by atoms with Crippen molar-refractivity contribution < 1.29 is 34.2 Å². The molecule has 5 N–H and O–H groups in total. The number of amides is 3. The number of nitrogens with one attached hydrogen (secondary N) is 3. The first-order chi connectivity index (χ1) is 18.2. The van der Waals surface area contributed by atoms with E-state index in [1.54, 1.807) is 0 Å². The highest BCUT2D eigenvalue weighted by molar-refractivity contribution is 5.94. The minimum absolute atomic E-state index is 0.0320. The molecule has 1 atom stereocenters. The molecule has 0 aromatic carbocycles. The molecule has 1 saturated carbocycles. The minimum Gasteiger partial charge on any atom is -0.481 e. The molecular formula is C28H49N3O7. The SMILES string of the molecule is CCCCCCCCCCCC(=O)NCCCCC(=O)NC1(C(=O)N[C@@H](CC(=O)O)C(=O)O)CCCCC1. The molecule has 1 fully saturated rings. The van der Waals surface area contributed by atoms with Gasteiger partial charge in [-0.05, 0) is 32.1 Å². The average Bonchev–Trinajstić information content (AvgIpc) is 2.87. The van der Waals surface area contributed by atoms with E-state index in [1.165, 1.54) is 44.9 Å². The topological polar surface area (TPSA) is 162 Å². The van der Waals surface area contributed by atoms with Crippen molar-refractivity contribution in [3.63, 3.8) is 0 Å². The number of rotatable bonds is 21. The number of aliphatic carboxylic acids is 2. The Morgan fingerprint density at radius 3 is 1.87 bits per heavy atom. The molecule has 0 saturated heterocycles. The smallest absolute Gasteiger partial charge is 0.326 e. The molecular weight excluding hydrogens is 490 g/mol. The van der Waals surface area contributed by atoms with Crippen LogP contribution in [-0.2, 0) is 24.0 Å². The van der Waals surface area contributed by atoms with E-state index in [0.717, 1.165) is 19.3 Å². The predicted molar refractivity (Wildman–Crippen MR) is 144 cm³/mol. The van der Waals surface area contributed by atoms with Crippen LogP contribution in [0.4, 0.5) is 0 Å². The Hall–Kier alpha value is -2.65. The van der Waals surface area contributed by atoms with Crippen LogP contribution < -0.4 is 16.0 Å². The molecule has 1 aliphatic carbocycles. The lowest BCUT2D eigenvalue weighted by atomic mass is 9.80. The summed E-state index contributed by atoms with van der Waals surface area (Å²) in [5.74, 6) is -3.70. The largest absolute Gasteiger partial charge is 0.481 e. The van der Waals surface area contributed by atoms with E-state index in [4.69, 9.17) is 5.11 Å². The number of carboxylic acids is 2. The second-order valence-electron chi connectivity index (χ2n) is 10.5. The monoisotopic (exact) mass is 539 g/mol. The van der Waals surface area contributed by atoms with Gasteiger partial charge in [0.15, 0.2) is 0 Å². The lowest BCUT2D eigenvalue weighted by molar-refractivity contribution is -0.148. The van der Waals surface area contributed by atoms with Crippen LogP contribution in [0.15, 0.2) is 0 Å². The van der Waals surface area contributed by atoms with Crippen molar-refractivity contribution in [1.82, 2.24) is 16.0 Å². The molecule has 0 spiro atoms. The maximum absolute atomic E-state index is 13.0. The average molecular weight is 540 g/mol. The summed E-state index contributed by atoms with van der Waals surface area (Å²) in [7, 11) is 0. The second kappa shape index (κ2) is 19.4. The molecule has 1 aliphatic rings. The molecule has 10 heteroatoms. The van der Waals surface area contributed by atoms with Crippen LogP contribution in [0.25, 0.3) is 0 Å². The van der Waals surface area contributed by atoms with Gasteiger partial charge in [0.2, 0.25) is 17.7 Å². The summed E-state index contributed by atoms with van der Waals surface area (Å²) in [6, 6.07) is -1.56. The Balaban J connectivity index is 2.30. The first-order valence-corrected chi connectivity index (χ1v) is 14.5. The van der Waals surface area contributed by atoms with Crippen LogP contribution in [0.3, 0.4) is 0 Å². The van der Waals surface area contributed by atoms with Gasteiger partial charge >= 0.3 is 11.9 Å². The summed E-state index contributed by atoms with van der Waals surface area (Å²) in [4.78, 5) is 60.0. The molecule has 0 aromatic rings. The van der Waals surface area contributed by atoms with Crippen molar-refractivity contribution in [3.05, 3.63) is 0 Å². The van der Waals surface area contributed by atoms with Crippen molar-refractivity contribution >= 4 is 29.7 Å². The highest BCUT2D eigenvalue weighted by Gasteiger charge is 2.42. The number of carbonyl (C=O) groups is 5. The Morgan fingerprint density at radius 1 is 0.737 bits per heavy atom. The fourth-order valence-corrected chi connectivity index (χ4v) is 4.89. The maximum Gasteiger partial charge on any atom is 0.326 e. The number of carbonyl (C=O) groups excluding carboxylic acids is 3. The molecule has 0 unspecified atom stereocenters. The Morgan fingerprint density at radius 2 is 1.29 bits per heavy atom. The van der Waals surface area contributed by atoms with Crippen molar-refractivity contribution in [1.29, 1.82) is 0 Å². The highest BCUT2D eigenvalue weighted by Crippen LogP contribution is 2.29. The lowest BCUT2D eigenvalue weighted by Crippen LogP contribution is -2.62. The molecule has 0 heterocycles. The predicted octanol–water partition coefficient (Wildman–Crippen LogP) is 4.06. The zero-order valence-corrected chi connectivity index (χ0v) is 23.2. The summed E-state index contributed by atoms with van der Waals surface area (Å²) >= 11 is 0. The first-order valence-electron chi connectivity index (χ1n) is 14.5. The van der Waals surface area contributed by atoms with E-state index >= 15 is 0 Å². The Bertz CT molecular complexity index is 751. The van der Waals surface area contributed by atoms with Gasteiger partial charge < -0.3 is 26.2 Å². The van der Waals surface area contributed by atoms with Gasteiger partial charge in [0, 0.05) is 19.4 Å². The molecule has 0 bridgehead atoms. The van der Waals surface area contributed by atoms with Gasteiger partial charge in [-0.15, -0.1) is 0 Å². The molecule has 3 amide bonds. The van der Waals surface area contributed by atoms with Crippen molar-refractivity contribution in [2.45, 2.75) is 141 Å². The number of hydrogen-bond acceptors (Lipinski definition) is 5. The number of hydrogen-bond donors (Lipinski definition) is 5. The lowest BCUT2D eigenvalue weighted by Gasteiger charge is -2.37. The molecule has 0 radical (unpaired) electrons. The summed E-state index contributed by atoms with van der Waals surface area (Å²) in [5, 5.41) is 26.2. The van der Waals surface area contributed by atoms with Gasteiger partial charge in [-0.25, -0.2) is 4.79 Å². The van der Waals surface area contributed by atoms with E-state index in [2.05, 4.69) is 22.9 Å². The molecule has 10 nitrogen and oxygen atoms in total. The third-order valence-electron chi connectivity index (χ3n) is 7.16. The highest BCUT2D eigenvalue weighted by atomic mass is 16.4. The summed E-state index contributed by atoms with van der Waals surface area (Å²) < 4.78 is 0. The zero-order chi connectivity index (χ0) is 28.2. The van der Waals surface area contributed by atoms with E-state index in [9.17, 15) is 29.1 Å². The fourth-order valence-electron chi connectivity index (χ4n) is 4.89. The van der Waals surface area contributed by atoms with E-state index < -0.39 is 35.8 Å². The molecule has 218 valence electrons. The maximum atomic E-state index is 13.0. The quantitative estimate of drug-likeness (QED) is 0.137. The minimum atomic E-state index is -1.56. The van der Waals surface area contributed by atoms with E-state index in [-0.39, 0.29) is 18.2 Å². The normalized spacial score (nSPS) is 15.3. The standard InChI is InChI=1S/C28H49N3O7/c1-2-3-4-5-6-7-8-9-11-16-23(32)29-20-15-12-17-24(33)31-28(18-13-10-14-19-28)27(38)30-22(26(36)37)21-25(34)35/h22H,2-21H2,1H3,(H,29,32)(H,30,38)(H,31,33)(H,34,35)(H,36,37)/t22-/m0/s1. The molecule has 38 heavy (non-hydrogen) atoms. The fraction of sp³-hybridized carbons (Fsp3) is 0.821.